The largest absolute Gasteiger partial charge is 0.480 e. The van der Waals surface area contributed by atoms with E-state index in [9.17, 15) is 14.7 Å². The van der Waals surface area contributed by atoms with Crippen molar-refractivity contribution in [2.75, 3.05) is 26.2 Å². The Hall–Kier alpha value is -1.67. The van der Waals surface area contributed by atoms with Gasteiger partial charge in [-0.2, -0.15) is 0 Å². The van der Waals surface area contributed by atoms with Crippen LogP contribution in [-0.2, 0) is 14.4 Å². The molecule has 0 unspecified atom stereocenters. The van der Waals surface area contributed by atoms with Gasteiger partial charge >= 0.3 is 11.9 Å². The molecule has 0 aromatic rings. The highest BCUT2D eigenvalue weighted by atomic mass is 16.6. The maximum atomic E-state index is 11.0. The quantitative estimate of drug-likeness (QED) is 0.373. The van der Waals surface area contributed by atoms with Crippen molar-refractivity contribution in [3.05, 3.63) is 0 Å². The fraction of sp³-hybridized carbons (Fsp3) is 0.880. The lowest BCUT2D eigenvalue weighted by molar-refractivity contribution is -0.142. The number of fused-ring (bicyclic) bond motifs is 5. The number of rotatable bonds is 8. The summed E-state index contributed by atoms with van der Waals surface area (Å²) in [6, 6.07) is 0. The molecule has 0 aromatic carbocycles. The van der Waals surface area contributed by atoms with E-state index >= 15 is 0 Å². The minimum atomic E-state index is -1.05. The molecule has 33 heavy (non-hydrogen) atoms. The Morgan fingerprint density at radius 3 is 2.45 bits per heavy atom. The first kappa shape index (κ1) is 24.5. The van der Waals surface area contributed by atoms with Gasteiger partial charge in [-0.1, -0.05) is 19.0 Å². The van der Waals surface area contributed by atoms with Crippen molar-refractivity contribution >= 4 is 17.7 Å². The van der Waals surface area contributed by atoms with Gasteiger partial charge in [-0.15, -0.1) is 0 Å². The molecule has 3 N–H and O–H groups in total. The van der Waals surface area contributed by atoms with Gasteiger partial charge in [-0.25, -0.2) is 0 Å². The van der Waals surface area contributed by atoms with Crippen molar-refractivity contribution in [2.45, 2.75) is 77.7 Å². The molecule has 7 atom stereocenters. The van der Waals surface area contributed by atoms with Crippen LogP contribution in [0.5, 0.6) is 0 Å². The number of aliphatic hydroxyl groups is 1. The molecule has 0 bridgehead atoms. The first-order valence-corrected chi connectivity index (χ1v) is 12.7. The van der Waals surface area contributed by atoms with Crippen molar-refractivity contribution < 1.29 is 29.7 Å². The van der Waals surface area contributed by atoms with E-state index in [-0.39, 0.29) is 37.8 Å². The highest BCUT2D eigenvalue weighted by Gasteiger charge is 2.59. The predicted molar refractivity (Wildman–Crippen MR) is 123 cm³/mol. The predicted octanol–water partition coefficient (Wildman–Crippen LogP) is 3.23. The van der Waals surface area contributed by atoms with Crippen LogP contribution >= 0.6 is 0 Å². The van der Waals surface area contributed by atoms with Gasteiger partial charge in [-0.3, -0.25) is 14.5 Å². The fourth-order valence-corrected chi connectivity index (χ4v) is 8.06. The van der Waals surface area contributed by atoms with Crippen molar-refractivity contribution in [2.24, 2.45) is 39.7 Å². The third-order valence-electron chi connectivity index (χ3n) is 9.77. The summed E-state index contributed by atoms with van der Waals surface area (Å²) in [4.78, 5) is 28.9. The summed E-state index contributed by atoms with van der Waals surface area (Å²) in [5.74, 6) is 0.628. The summed E-state index contributed by atoms with van der Waals surface area (Å²) in [6.07, 6.45) is 9.86. The molecule has 4 aliphatic carbocycles. The number of hydrogen-bond acceptors (Lipinski definition) is 6. The number of carboxylic acids is 2. The zero-order valence-corrected chi connectivity index (χ0v) is 20.0. The van der Waals surface area contributed by atoms with Gasteiger partial charge in [0.05, 0.1) is 24.9 Å². The Bertz CT molecular complexity index is 771. The van der Waals surface area contributed by atoms with Gasteiger partial charge in [0.15, 0.2) is 0 Å². The molecule has 0 aromatic heterocycles. The van der Waals surface area contributed by atoms with Crippen molar-refractivity contribution in [3.63, 3.8) is 0 Å². The van der Waals surface area contributed by atoms with Crippen LogP contribution in [0.2, 0.25) is 0 Å². The van der Waals surface area contributed by atoms with Crippen molar-refractivity contribution in [1.29, 1.82) is 0 Å². The third kappa shape index (κ3) is 4.78. The summed E-state index contributed by atoms with van der Waals surface area (Å²) in [5.41, 5.74) is 1.54. The van der Waals surface area contributed by atoms with E-state index in [0.29, 0.717) is 17.3 Å². The second-order valence-electron chi connectivity index (χ2n) is 11.4. The first-order valence-electron chi connectivity index (χ1n) is 12.7. The lowest BCUT2D eigenvalue weighted by Crippen LogP contribution is -2.54. The van der Waals surface area contributed by atoms with E-state index in [4.69, 9.17) is 15.1 Å². The minimum Gasteiger partial charge on any atom is -0.480 e. The Morgan fingerprint density at radius 2 is 1.76 bits per heavy atom. The van der Waals surface area contributed by atoms with Gasteiger partial charge in [0.2, 0.25) is 0 Å². The smallest absolute Gasteiger partial charge is 0.317 e. The molecule has 4 fully saturated rings. The summed E-state index contributed by atoms with van der Waals surface area (Å²) in [5, 5.41) is 32.7. The molecule has 8 heteroatoms. The van der Waals surface area contributed by atoms with E-state index < -0.39 is 11.9 Å². The number of aliphatic hydroxyl groups excluding tert-OH is 1. The van der Waals surface area contributed by atoms with E-state index in [2.05, 4.69) is 19.0 Å². The van der Waals surface area contributed by atoms with Crippen molar-refractivity contribution in [3.8, 4) is 0 Å². The molecule has 0 heterocycles. The standard InChI is InChI=1S/C25H40N2O6/c1-24-9-7-17(28)13-16(24)3-4-18-19-5-6-21(25(19,2)10-8-20(18)24)26-33-12-11-27(14-22(29)30)15-23(31)32/h16-20,28H,3-15H2,1-2H3,(H,29,30)(H,31,32)/b26-21+/t16-,17-,18-,19-,20-,24-,25-/m0/s1. The molecule has 0 radical (unpaired) electrons. The van der Waals surface area contributed by atoms with Gasteiger partial charge < -0.3 is 20.2 Å². The molecular formula is C25H40N2O6. The number of aliphatic carboxylic acids is 2. The number of hydrogen-bond donors (Lipinski definition) is 3. The van der Waals surface area contributed by atoms with Crippen LogP contribution in [0.25, 0.3) is 0 Å². The van der Waals surface area contributed by atoms with E-state index in [1.807, 2.05) is 0 Å². The Morgan fingerprint density at radius 1 is 1.03 bits per heavy atom. The molecule has 0 amide bonds. The molecular weight excluding hydrogens is 424 g/mol. The van der Waals surface area contributed by atoms with E-state index in [0.717, 1.165) is 56.1 Å². The number of carboxylic acid groups (broad SMARTS) is 2. The van der Waals surface area contributed by atoms with E-state index in [1.54, 1.807) is 0 Å². The van der Waals surface area contributed by atoms with Crippen LogP contribution in [0.1, 0.15) is 71.6 Å². The fourth-order valence-electron chi connectivity index (χ4n) is 8.06. The highest BCUT2D eigenvalue weighted by Crippen LogP contribution is 2.65. The van der Waals surface area contributed by atoms with Gasteiger partial charge in [-0.05, 0) is 86.9 Å². The topological polar surface area (TPSA) is 120 Å². The van der Waals surface area contributed by atoms with Crippen LogP contribution in [0.3, 0.4) is 0 Å². The average molecular weight is 465 g/mol. The lowest BCUT2D eigenvalue weighted by atomic mass is 9.45. The first-order chi connectivity index (χ1) is 15.6. The zero-order valence-electron chi connectivity index (χ0n) is 20.0. The zero-order chi connectivity index (χ0) is 23.8. The molecule has 0 aliphatic heterocycles. The maximum Gasteiger partial charge on any atom is 0.317 e. The summed E-state index contributed by atoms with van der Waals surface area (Å²) < 4.78 is 0. The van der Waals surface area contributed by atoms with Crippen LogP contribution < -0.4 is 0 Å². The molecule has 0 spiro atoms. The minimum absolute atomic E-state index is 0.0559. The lowest BCUT2D eigenvalue weighted by Gasteiger charge is -2.60. The van der Waals surface area contributed by atoms with Gasteiger partial charge in [0.1, 0.15) is 6.61 Å². The summed E-state index contributed by atoms with van der Waals surface area (Å²) in [7, 11) is 0. The number of nitrogens with zero attached hydrogens (tertiary/aromatic N) is 2. The van der Waals surface area contributed by atoms with Crippen LogP contribution in [0.4, 0.5) is 0 Å². The molecule has 4 aliphatic rings. The summed E-state index contributed by atoms with van der Waals surface area (Å²) in [6.45, 7) is 4.59. The van der Waals surface area contributed by atoms with Gasteiger partial charge in [0, 0.05) is 12.0 Å². The van der Waals surface area contributed by atoms with E-state index in [1.165, 1.54) is 24.2 Å². The third-order valence-corrected chi connectivity index (χ3v) is 9.77. The Labute approximate surface area is 196 Å². The highest BCUT2D eigenvalue weighted by molar-refractivity contribution is 5.92. The second kappa shape index (κ2) is 9.53. The monoisotopic (exact) mass is 464 g/mol. The maximum absolute atomic E-state index is 11.0. The normalized spacial score (nSPS) is 41.3. The number of carbonyl (C=O) groups is 2. The molecule has 186 valence electrons. The molecule has 4 rings (SSSR count). The van der Waals surface area contributed by atoms with Gasteiger partial charge in [0.25, 0.3) is 0 Å². The Balaban J connectivity index is 1.38. The SMILES string of the molecule is C[C@]12CC[C@H](O)C[C@@H]1CC[C@@H]1[C@@H]2CC[C@]2(C)/C(=N/OCCN(CC(=O)O)CC(=O)O)CC[C@@H]12. The second-order valence-corrected chi connectivity index (χ2v) is 11.4. The summed E-state index contributed by atoms with van der Waals surface area (Å²) >= 11 is 0. The van der Waals surface area contributed by atoms with Crippen LogP contribution in [0.15, 0.2) is 5.16 Å². The molecule has 8 nitrogen and oxygen atoms in total. The molecule has 0 saturated heterocycles. The number of oxime groups is 1. The average Bonchev–Trinajstić information content (AvgIpc) is 3.07. The Kier molecular flexibility index (Phi) is 7.06. The van der Waals surface area contributed by atoms with Crippen molar-refractivity contribution in [1.82, 2.24) is 4.90 Å². The molecule has 4 saturated carbocycles. The van der Waals surface area contributed by atoms with Crippen LogP contribution in [-0.4, -0.2) is 70.2 Å². The van der Waals surface area contributed by atoms with Crippen LogP contribution in [0, 0.1) is 34.5 Å².